The minimum absolute atomic E-state index is 0.0369. The van der Waals surface area contributed by atoms with Crippen LogP contribution in [0, 0.1) is 0 Å². The van der Waals surface area contributed by atoms with E-state index in [1.54, 1.807) is 6.20 Å². The molecule has 126 valence electrons. The van der Waals surface area contributed by atoms with Crippen molar-refractivity contribution < 1.29 is 9.84 Å². The van der Waals surface area contributed by atoms with E-state index in [1.807, 2.05) is 12.1 Å². The van der Waals surface area contributed by atoms with E-state index in [4.69, 9.17) is 4.74 Å². The van der Waals surface area contributed by atoms with Gasteiger partial charge in [-0.05, 0) is 18.9 Å². The second-order valence-electron chi connectivity index (χ2n) is 6.99. The van der Waals surface area contributed by atoms with Gasteiger partial charge in [-0.15, -0.1) is 0 Å². The molecule has 24 heavy (non-hydrogen) atoms. The maximum absolute atomic E-state index is 9.59. The average molecular weight is 328 g/mol. The summed E-state index contributed by atoms with van der Waals surface area (Å²) in [6.45, 7) is 1.28. The van der Waals surface area contributed by atoms with Crippen molar-refractivity contribution in [2.24, 2.45) is 0 Å². The number of hydrogen-bond acceptors (Lipinski definition) is 7. The molecule has 3 fully saturated rings. The summed E-state index contributed by atoms with van der Waals surface area (Å²) in [6, 6.07) is 4.12. The number of aliphatic hydroxyl groups is 1. The highest BCUT2D eigenvalue weighted by molar-refractivity contribution is 5.54. The summed E-state index contributed by atoms with van der Waals surface area (Å²) in [4.78, 5) is 11.1. The number of aliphatic hydroxyl groups excluding tert-OH is 1. The third-order valence-corrected chi connectivity index (χ3v) is 5.15. The minimum Gasteiger partial charge on any atom is -0.393 e. The molecule has 0 aromatic carbocycles. The van der Waals surface area contributed by atoms with E-state index in [0.717, 1.165) is 18.1 Å². The van der Waals surface area contributed by atoms with Crippen LogP contribution in [0.25, 0.3) is 0 Å². The second kappa shape index (κ2) is 5.15. The maximum Gasteiger partial charge on any atom is 0.227 e. The van der Waals surface area contributed by atoms with Crippen molar-refractivity contribution >= 4 is 17.6 Å². The molecule has 2 bridgehead atoms. The molecule has 0 unspecified atom stereocenters. The van der Waals surface area contributed by atoms with E-state index in [-0.39, 0.29) is 12.6 Å². The lowest BCUT2D eigenvalue weighted by Crippen LogP contribution is -2.45. The summed E-state index contributed by atoms with van der Waals surface area (Å²) in [5, 5.41) is 20.2. The number of rotatable bonds is 5. The molecular weight excluding hydrogens is 308 g/mol. The van der Waals surface area contributed by atoms with Gasteiger partial charge in [-0.2, -0.15) is 10.1 Å². The van der Waals surface area contributed by atoms with Crippen molar-refractivity contribution in [2.75, 3.05) is 30.0 Å². The van der Waals surface area contributed by atoms with Crippen LogP contribution in [0.1, 0.15) is 30.9 Å². The van der Waals surface area contributed by atoms with Crippen molar-refractivity contribution in [3.8, 4) is 0 Å². The first-order valence-electron chi connectivity index (χ1n) is 8.41. The molecule has 8 heteroatoms. The smallest absolute Gasteiger partial charge is 0.227 e. The van der Waals surface area contributed by atoms with Crippen LogP contribution in [0.2, 0.25) is 0 Å². The lowest BCUT2D eigenvalue weighted by Gasteiger charge is -2.31. The first-order chi connectivity index (χ1) is 11.7. The van der Waals surface area contributed by atoms with Crippen LogP contribution in [0.3, 0.4) is 0 Å². The Labute approximate surface area is 139 Å². The maximum atomic E-state index is 9.59. The first-order valence-corrected chi connectivity index (χ1v) is 8.41. The number of aromatic nitrogens is 4. The number of hydrogen-bond donors (Lipinski definition) is 3. The van der Waals surface area contributed by atoms with Gasteiger partial charge in [0.1, 0.15) is 11.4 Å². The number of morpholine rings is 1. The Bertz CT molecular complexity index is 761. The summed E-state index contributed by atoms with van der Waals surface area (Å²) >= 11 is 0. The van der Waals surface area contributed by atoms with E-state index in [2.05, 4.69) is 30.4 Å². The zero-order chi connectivity index (χ0) is 16.1. The van der Waals surface area contributed by atoms with Gasteiger partial charge in [-0.3, -0.25) is 5.10 Å². The number of anilines is 3. The Balaban J connectivity index is 1.34. The Hall–Kier alpha value is -2.19. The highest BCUT2D eigenvalue weighted by Crippen LogP contribution is 2.40. The zero-order valence-electron chi connectivity index (χ0n) is 13.3. The van der Waals surface area contributed by atoms with Gasteiger partial charge in [0.2, 0.25) is 5.95 Å². The highest BCUT2D eigenvalue weighted by Gasteiger charge is 2.51. The van der Waals surface area contributed by atoms with E-state index < -0.39 is 5.60 Å². The van der Waals surface area contributed by atoms with Gasteiger partial charge in [0, 0.05) is 30.3 Å². The van der Waals surface area contributed by atoms with E-state index in [0.29, 0.717) is 25.0 Å². The molecule has 1 aliphatic carbocycles. The summed E-state index contributed by atoms with van der Waals surface area (Å²) in [6.07, 6.45) is 5.06. The Kier molecular flexibility index (Phi) is 3.04. The van der Waals surface area contributed by atoms with Gasteiger partial charge in [0.15, 0.2) is 5.82 Å². The fourth-order valence-corrected chi connectivity index (χ4v) is 3.66. The summed E-state index contributed by atoms with van der Waals surface area (Å²) < 4.78 is 5.72. The molecule has 0 amide bonds. The Morgan fingerprint density at radius 3 is 3.12 bits per heavy atom. The quantitative estimate of drug-likeness (QED) is 0.757. The van der Waals surface area contributed by atoms with Crippen LogP contribution < -0.4 is 10.2 Å². The van der Waals surface area contributed by atoms with Gasteiger partial charge >= 0.3 is 0 Å². The molecule has 1 saturated carbocycles. The average Bonchev–Trinajstić information content (AvgIpc) is 3.07. The molecule has 2 aromatic heterocycles. The molecule has 4 heterocycles. The predicted octanol–water partition coefficient (Wildman–Crippen LogP) is 1.16. The van der Waals surface area contributed by atoms with Crippen LogP contribution in [-0.2, 0) is 4.74 Å². The molecule has 0 radical (unpaired) electrons. The van der Waals surface area contributed by atoms with Gasteiger partial charge in [0.05, 0.1) is 25.8 Å². The van der Waals surface area contributed by atoms with Crippen LogP contribution in [-0.4, -0.2) is 56.7 Å². The van der Waals surface area contributed by atoms with E-state index in [9.17, 15) is 5.11 Å². The van der Waals surface area contributed by atoms with Gasteiger partial charge in [0.25, 0.3) is 0 Å². The lowest BCUT2D eigenvalue weighted by atomic mass is 10.1. The molecule has 2 aliphatic heterocycles. The standard InChI is InChI=1S/C16H20N6O2/c23-9-16-6-11(7-24-16)22(8-16)15-17-4-3-13(19-15)18-14-5-12(20-21-14)10-1-2-10/h3-5,10-11,23H,1-2,6-9H2,(H2,17,18,19,20,21)/t11-,16-/m1/s1. The number of aromatic amines is 1. The van der Waals surface area contributed by atoms with Crippen molar-refractivity contribution in [2.45, 2.75) is 36.8 Å². The normalized spacial score (nSPS) is 28.5. The summed E-state index contributed by atoms with van der Waals surface area (Å²) in [5.41, 5.74) is 0.740. The third-order valence-electron chi connectivity index (χ3n) is 5.15. The van der Waals surface area contributed by atoms with Crippen molar-refractivity contribution in [3.05, 3.63) is 24.0 Å². The van der Waals surface area contributed by atoms with Gasteiger partial charge < -0.3 is 20.1 Å². The third kappa shape index (κ3) is 2.33. The predicted molar refractivity (Wildman–Crippen MR) is 87.4 cm³/mol. The van der Waals surface area contributed by atoms with Crippen LogP contribution in [0.5, 0.6) is 0 Å². The first kappa shape index (κ1) is 14.2. The Morgan fingerprint density at radius 1 is 1.42 bits per heavy atom. The largest absolute Gasteiger partial charge is 0.393 e. The van der Waals surface area contributed by atoms with Crippen LogP contribution in [0.15, 0.2) is 18.3 Å². The highest BCUT2D eigenvalue weighted by atomic mass is 16.5. The SMILES string of the molecule is OC[C@]12C[C@H](CO1)N(c1nccc(Nc3cc(C4CC4)[nH]n3)n1)C2. The number of nitrogens with zero attached hydrogens (tertiary/aromatic N) is 4. The molecule has 2 aromatic rings. The Morgan fingerprint density at radius 2 is 2.33 bits per heavy atom. The van der Waals surface area contributed by atoms with Crippen LogP contribution in [0.4, 0.5) is 17.6 Å². The zero-order valence-corrected chi connectivity index (χ0v) is 13.3. The lowest BCUT2D eigenvalue weighted by molar-refractivity contribution is -0.0376. The van der Waals surface area contributed by atoms with E-state index in [1.165, 1.54) is 18.5 Å². The molecule has 5 rings (SSSR count). The van der Waals surface area contributed by atoms with Gasteiger partial charge in [-0.25, -0.2) is 4.98 Å². The van der Waals surface area contributed by atoms with Crippen molar-refractivity contribution in [1.82, 2.24) is 20.2 Å². The number of H-pyrrole nitrogens is 1. The molecule has 2 atom stereocenters. The summed E-state index contributed by atoms with van der Waals surface area (Å²) in [7, 11) is 0. The topological polar surface area (TPSA) is 99.2 Å². The molecule has 3 N–H and O–H groups in total. The van der Waals surface area contributed by atoms with Crippen LogP contribution >= 0.6 is 0 Å². The second-order valence-corrected chi connectivity index (χ2v) is 6.99. The molecule has 8 nitrogen and oxygen atoms in total. The van der Waals surface area contributed by atoms with Gasteiger partial charge in [-0.1, -0.05) is 0 Å². The molecular formula is C16H20N6O2. The van der Waals surface area contributed by atoms with Crippen molar-refractivity contribution in [3.63, 3.8) is 0 Å². The fourth-order valence-electron chi connectivity index (χ4n) is 3.66. The monoisotopic (exact) mass is 328 g/mol. The number of fused-ring (bicyclic) bond motifs is 2. The minimum atomic E-state index is -0.446. The number of nitrogens with one attached hydrogen (secondary N) is 2. The van der Waals surface area contributed by atoms with Crippen molar-refractivity contribution in [1.29, 1.82) is 0 Å². The van der Waals surface area contributed by atoms with E-state index >= 15 is 0 Å². The molecule has 3 aliphatic rings. The molecule has 2 saturated heterocycles. The summed E-state index contributed by atoms with van der Waals surface area (Å²) in [5.74, 6) is 2.81. The number of ether oxygens (including phenoxy) is 1. The fraction of sp³-hybridized carbons (Fsp3) is 0.562. The molecule has 0 spiro atoms.